The maximum absolute atomic E-state index is 13.6. The lowest BCUT2D eigenvalue weighted by atomic mass is 10.2. The van der Waals surface area contributed by atoms with Crippen LogP contribution in [0.2, 0.25) is 5.02 Å². The van der Waals surface area contributed by atoms with E-state index >= 15 is 0 Å². The Morgan fingerprint density at radius 1 is 1.17 bits per heavy atom. The molecule has 0 radical (unpaired) electrons. The zero-order valence-corrected chi connectivity index (χ0v) is 16.3. The standard InChI is InChI=1S/C21H16ClFN4O3/c22-16-10-14(11-25-27-21(29)15-4-3-9-24-12-15)7-8-19(16)30-13-20(28)26-18-6-2-1-5-17(18)23/h1-12H,13H2,(H,26,28)(H,27,29)/b25-11-. The number of carbonyl (C=O) groups excluding carboxylic acids is 2. The van der Waals surface area contributed by atoms with Crippen molar-refractivity contribution in [2.24, 2.45) is 5.10 Å². The lowest BCUT2D eigenvalue weighted by Crippen LogP contribution is -2.20. The molecule has 7 nitrogen and oxygen atoms in total. The van der Waals surface area contributed by atoms with Crippen LogP contribution in [0.15, 0.2) is 72.1 Å². The number of carbonyl (C=O) groups is 2. The van der Waals surface area contributed by atoms with Gasteiger partial charge in [0.2, 0.25) is 0 Å². The first kappa shape index (κ1) is 20.9. The summed E-state index contributed by atoms with van der Waals surface area (Å²) in [5.74, 6) is -1.19. The number of para-hydroxylation sites is 1. The number of nitrogens with one attached hydrogen (secondary N) is 2. The first-order valence-corrected chi connectivity index (χ1v) is 9.11. The molecule has 3 aromatic rings. The Morgan fingerprint density at radius 3 is 2.73 bits per heavy atom. The van der Waals surface area contributed by atoms with Crippen LogP contribution >= 0.6 is 11.6 Å². The SMILES string of the molecule is O=C(COc1ccc(/C=N\NC(=O)c2cccnc2)cc1Cl)Nc1ccccc1F. The summed E-state index contributed by atoms with van der Waals surface area (Å²) in [6.45, 7) is -0.345. The van der Waals surface area contributed by atoms with Crippen molar-refractivity contribution in [3.63, 3.8) is 0 Å². The lowest BCUT2D eigenvalue weighted by molar-refractivity contribution is -0.118. The van der Waals surface area contributed by atoms with Gasteiger partial charge in [0.05, 0.1) is 22.5 Å². The summed E-state index contributed by atoms with van der Waals surface area (Å²) in [5.41, 5.74) is 3.43. The second kappa shape index (κ2) is 10.1. The highest BCUT2D eigenvalue weighted by Crippen LogP contribution is 2.25. The molecule has 1 heterocycles. The third-order valence-electron chi connectivity index (χ3n) is 3.77. The number of halogens is 2. The number of aromatic nitrogens is 1. The van der Waals surface area contributed by atoms with Gasteiger partial charge in [-0.25, -0.2) is 9.82 Å². The molecule has 0 fully saturated rings. The van der Waals surface area contributed by atoms with Crippen LogP contribution in [0.5, 0.6) is 5.75 Å². The van der Waals surface area contributed by atoms with E-state index in [9.17, 15) is 14.0 Å². The van der Waals surface area contributed by atoms with Crippen molar-refractivity contribution in [1.29, 1.82) is 0 Å². The van der Waals surface area contributed by atoms with Gasteiger partial charge in [-0.15, -0.1) is 0 Å². The minimum atomic E-state index is -0.539. The lowest BCUT2D eigenvalue weighted by Gasteiger charge is -2.09. The Hall–Kier alpha value is -3.78. The quantitative estimate of drug-likeness (QED) is 0.445. The van der Waals surface area contributed by atoms with Crippen LogP contribution < -0.4 is 15.5 Å². The fourth-order valence-corrected chi connectivity index (χ4v) is 2.58. The molecule has 0 aliphatic carbocycles. The molecule has 0 aliphatic heterocycles. The first-order chi connectivity index (χ1) is 14.5. The predicted octanol–water partition coefficient (Wildman–Crippen LogP) is 3.66. The summed E-state index contributed by atoms with van der Waals surface area (Å²) in [6, 6.07) is 13.8. The third-order valence-corrected chi connectivity index (χ3v) is 4.06. The molecular formula is C21H16ClFN4O3. The van der Waals surface area contributed by atoms with Crippen molar-refractivity contribution in [2.45, 2.75) is 0 Å². The number of amides is 2. The van der Waals surface area contributed by atoms with Crippen LogP contribution in [0.4, 0.5) is 10.1 Å². The van der Waals surface area contributed by atoms with Gasteiger partial charge < -0.3 is 10.1 Å². The summed E-state index contributed by atoms with van der Waals surface area (Å²) in [6.07, 6.45) is 4.40. The summed E-state index contributed by atoms with van der Waals surface area (Å²) in [5, 5.41) is 6.53. The van der Waals surface area contributed by atoms with E-state index in [0.717, 1.165) is 0 Å². The molecule has 0 unspecified atom stereocenters. The summed E-state index contributed by atoms with van der Waals surface area (Å²) < 4.78 is 18.9. The zero-order chi connectivity index (χ0) is 21.3. The van der Waals surface area contributed by atoms with E-state index in [4.69, 9.17) is 16.3 Å². The molecule has 0 saturated heterocycles. The van der Waals surface area contributed by atoms with Crippen molar-refractivity contribution >= 4 is 35.3 Å². The van der Waals surface area contributed by atoms with Crippen molar-refractivity contribution in [3.05, 3.63) is 89.0 Å². The maximum Gasteiger partial charge on any atom is 0.272 e. The Balaban J connectivity index is 1.53. The second-order valence-corrected chi connectivity index (χ2v) is 6.35. The Labute approximate surface area is 176 Å². The van der Waals surface area contributed by atoms with Crippen molar-refractivity contribution < 1.29 is 18.7 Å². The van der Waals surface area contributed by atoms with Crippen LogP contribution in [-0.2, 0) is 4.79 Å². The van der Waals surface area contributed by atoms with E-state index < -0.39 is 17.6 Å². The fraction of sp³-hybridized carbons (Fsp3) is 0.0476. The highest BCUT2D eigenvalue weighted by Gasteiger charge is 2.09. The van der Waals surface area contributed by atoms with Crippen molar-refractivity contribution in [1.82, 2.24) is 10.4 Å². The fourth-order valence-electron chi connectivity index (χ4n) is 2.33. The van der Waals surface area contributed by atoms with E-state index in [-0.39, 0.29) is 23.1 Å². The van der Waals surface area contributed by atoms with E-state index in [0.29, 0.717) is 11.1 Å². The van der Waals surface area contributed by atoms with Gasteiger partial charge in [0.15, 0.2) is 6.61 Å². The van der Waals surface area contributed by atoms with Crippen molar-refractivity contribution in [2.75, 3.05) is 11.9 Å². The van der Waals surface area contributed by atoms with E-state index in [1.807, 2.05) is 0 Å². The molecule has 0 aliphatic rings. The van der Waals surface area contributed by atoms with Gasteiger partial charge in [-0.2, -0.15) is 5.10 Å². The topological polar surface area (TPSA) is 92.7 Å². The average molecular weight is 427 g/mol. The number of nitrogens with zero attached hydrogens (tertiary/aromatic N) is 2. The molecule has 30 heavy (non-hydrogen) atoms. The minimum absolute atomic E-state index is 0.0667. The molecular weight excluding hydrogens is 411 g/mol. The Morgan fingerprint density at radius 2 is 2.00 bits per heavy atom. The van der Waals surface area contributed by atoms with Crippen LogP contribution in [0.25, 0.3) is 0 Å². The molecule has 0 saturated carbocycles. The number of rotatable bonds is 7. The Bertz CT molecular complexity index is 1080. The molecule has 0 bridgehead atoms. The van der Waals surface area contributed by atoms with Gasteiger partial charge in [0.25, 0.3) is 11.8 Å². The number of hydrogen-bond acceptors (Lipinski definition) is 5. The number of pyridine rings is 1. The van der Waals surface area contributed by atoms with Crippen LogP contribution in [0.1, 0.15) is 15.9 Å². The van der Waals surface area contributed by atoms with Gasteiger partial charge >= 0.3 is 0 Å². The number of hydrogen-bond donors (Lipinski definition) is 2. The number of ether oxygens (including phenoxy) is 1. The monoisotopic (exact) mass is 426 g/mol. The number of anilines is 1. The van der Waals surface area contributed by atoms with Crippen LogP contribution in [0.3, 0.4) is 0 Å². The van der Waals surface area contributed by atoms with E-state index in [1.165, 1.54) is 30.6 Å². The second-order valence-electron chi connectivity index (χ2n) is 5.95. The van der Waals surface area contributed by atoms with Gasteiger partial charge in [0.1, 0.15) is 11.6 Å². The molecule has 0 spiro atoms. The molecule has 1 aromatic heterocycles. The highest BCUT2D eigenvalue weighted by molar-refractivity contribution is 6.32. The molecule has 3 rings (SSSR count). The summed E-state index contributed by atoms with van der Waals surface area (Å²) in [4.78, 5) is 27.7. The molecule has 2 amide bonds. The molecule has 2 N–H and O–H groups in total. The van der Waals surface area contributed by atoms with Crippen molar-refractivity contribution in [3.8, 4) is 5.75 Å². The van der Waals surface area contributed by atoms with E-state index in [2.05, 4.69) is 20.8 Å². The summed E-state index contributed by atoms with van der Waals surface area (Å²) >= 11 is 6.16. The smallest absolute Gasteiger partial charge is 0.272 e. The third kappa shape index (κ3) is 5.86. The number of hydrazone groups is 1. The first-order valence-electron chi connectivity index (χ1n) is 8.73. The van der Waals surface area contributed by atoms with Gasteiger partial charge in [-0.05, 0) is 48.0 Å². The van der Waals surface area contributed by atoms with E-state index in [1.54, 1.807) is 42.6 Å². The maximum atomic E-state index is 13.6. The molecule has 2 aromatic carbocycles. The highest BCUT2D eigenvalue weighted by atomic mass is 35.5. The molecule has 0 atom stereocenters. The molecule has 9 heteroatoms. The van der Waals surface area contributed by atoms with Gasteiger partial charge in [-0.3, -0.25) is 14.6 Å². The molecule has 152 valence electrons. The largest absolute Gasteiger partial charge is 0.482 e. The van der Waals surface area contributed by atoms with Crippen LogP contribution in [-0.4, -0.2) is 29.6 Å². The zero-order valence-electron chi connectivity index (χ0n) is 15.5. The summed E-state index contributed by atoms with van der Waals surface area (Å²) in [7, 11) is 0. The van der Waals surface area contributed by atoms with Crippen LogP contribution in [0, 0.1) is 5.82 Å². The van der Waals surface area contributed by atoms with Gasteiger partial charge in [0, 0.05) is 12.4 Å². The number of benzene rings is 2. The average Bonchev–Trinajstić information content (AvgIpc) is 2.75. The predicted molar refractivity (Wildman–Crippen MR) is 111 cm³/mol. The minimum Gasteiger partial charge on any atom is -0.482 e. The normalized spacial score (nSPS) is 10.6. The Kier molecular flexibility index (Phi) is 7.07. The van der Waals surface area contributed by atoms with Gasteiger partial charge in [-0.1, -0.05) is 23.7 Å².